The van der Waals surface area contributed by atoms with E-state index in [1.807, 2.05) is 0 Å². The van der Waals surface area contributed by atoms with Crippen molar-refractivity contribution in [2.45, 2.75) is 13.3 Å². The van der Waals surface area contributed by atoms with Gasteiger partial charge in [-0.2, -0.15) is 0 Å². The number of anilines is 1. The van der Waals surface area contributed by atoms with Crippen molar-refractivity contribution in [3.8, 4) is 0 Å². The molecule has 0 aromatic carbocycles. The Hall–Kier alpha value is -1.62. The molecule has 16 heavy (non-hydrogen) atoms. The van der Waals surface area contributed by atoms with Crippen LogP contribution in [0.2, 0.25) is 0 Å². The first-order valence-corrected chi connectivity index (χ1v) is 5.32. The average molecular weight is 222 g/mol. The monoisotopic (exact) mass is 222 g/mol. The van der Waals surface area contributed by atoms with E-state index in [2.05, 4.69) is 22.7 Å². The van der Waals surface area contributed by atoms with Crippen LogP contribution < -0.4 is 10.7 Å². The lowest BCUT2D eigenvalue weighted by Gasteiger charge is -2.14. The first-order chi connectivity index (χ1) is 7.65. The molecule has 0 bridgehead atoms. The minimum absolute atomic E-state index is 0.156. The summed E-state index contributed by atoms with van der Waals surface area (Å²) in [6.07, 6.45) is 2.66. The van der Waals surface area contributed by atoms with Gasteiger partial charge in [0.25, 0.3) is 5.91 Å². The van der Waals surface area contributed by atoms with E-state index in [1.165, 1.54) is 0 Å². The van der Waals surface area contributed by atoms with Crippen molar-refractivity contribution >= 4 is 11.7 Å². The van der Waals surface area contributed by atoms with Crippen LogP contribution in [0.15, 0.2) is 18.3 Å². The molecule has 0 atom stereocenters. The average Bonchev–Trinajstić information content (AvgIpc) is 2.25. The van der Waals surface area contributed by atoms with E-state index in [4.69, 9.17) is 0 Å². The summed E-state index contributed by atoms with van der Waals surface area (Å²) >= 11 is 0. The number of pyridine rings is 1. The van der Waals surface area contributed by atoms with Crippen LogP contribution in [0.1, 0.15) is 23.7 Å². The molecule has 5 heteroatoms. The molecule has 0 aliphatic heterocycles. The number of hydrogen-bond donors (Lipinski definition) is 2. The van der Waals surface area contributed by atoms with Crippen LogP contribution in [-0.4, -0.2) is 36.5 Å². The molecule has 5 nitrogen and oxygen atoms in total. The minimum Gasteiger partial charge on any atom is -0.369 e. The first kappa shape index (κ1) is 12.4. The van der Waals surface area contributed by atoms with Crippen LogP contribution in [-0.2, 0) is 0 Å². The Kier molecular flexibility index (Phi) is 4.72. The molecule has 0 spiro atoms. The second kappa shape index (κ2) is 6.07. The topological polar surface area (TPSA) is 57.3 Å². The van der Waals surface area contributed by atoms with Gasteiger partial charge in [-0.1, -0.05) is 6.92 Å². The molecule has 0 aliphatic carbocycles. The number of amides is 1. The van der Waals surface area contributed by atoms with Crippen LogP contribution >= 0.6 is 0 Å². The zero-order valence-electron chi connectivity index (χ0n) is 9.95. The largest absolute Gasteiger partial charge is 0.369 e. The summed E-state index contributed by atoms with van der Waals surface area (Å²) in [5.74, 6) is 0.473. The number of aromatic nitrogens is 1. The second-order valence-electron chi connectivity index (χ2n) is 3.66. The highest BCUT2D eigenvalue weighted by atomic mass is 16.2. The SMILES string of the molecule is CCCNc1ncccc1C(=O)NN(C)C. The normalized spacial score (nSPS) is 10.2. The van der Waals surface area contributed by atoms with Crippen LogP contribution in [0, 0.1) is 0 Å². The van der Waals surface area contributed by atoms with Gasteiger partial charge in [-0.15, -0.1) is 0 Å². The van der Waals surface area contributed by atoms with E-state index >= 15 is 0 Å². The Morgan fingerprint density at radius 2 is 2.25 bits per heavy atom. The maximum absolute atomic E-state index is 11.8. The molecular weight excluding hydrogens is 204 g/mol. The fourth-order valence-electron chi connectivity index (χ4n) is 1.24. The summed E-state index contributed by atoms with van der Waals surface area (Å²) in [6.45, 7) is 2.87. The molecule has 1 rings (SSSR count). The Morgan fingerprint density at radius 3 is 2.88 bits per heavy atom. The van der Waals surface area contributed by atoms with Gasteiger partial charge in [-0.25, -0.2) is 9.99 Å². The third kappa shape index (κ3) is 3.51. The Morgan fingerprint density at radius 1 is 1.50 bits per heavy atom. The van der Waals surface area contributed by atoms with Crippen LogP contribution in [0.3, 0.4) is 0 Å². The van der Waals surface area contributed by atoms with Crippen molar-refractivity contribution in [1.82, 2.24) is 15.4 Å². The van der Waals surface area contributed by atoms with Gasteiger partial charge in [0.15, 0.2) is 0 Å². The molecule has 0 unspecified atom stereocenters. The molecule has 1 aromatic rings. The molecule has 0 radical (unpaired) electrons. The number of carbonyl (C=O) groups excluding carboxylic acids is 1. The van der Waals surface area contributed by atoms with Gasteiger partial charge in [0.05, 0.1) is 5.56 Å². The Labute approximate surface area is 95.8 Å². The quantitative estimate of drug-likeness (QED) is 0.733. The molecule has 0 saturated carbocycles. The predicted molar refractivity (Wildman–Crippen MR) is 64.2 cm³/mol. The fraction of sp³-hybridized carbons (Fsp3) is 0.455. The summed E-state index contributed by atoms with van der Waals surface area (Å²) in [7, 11) is 3.54. The van der Waals surface area contributed by atoms with Crippen molar-refractivity contribution in [2.75, 3.05) is 26.0 Å². The lowest BCUT2D eigenvalue weighted by molar-refractivity contribution is 0.0857. The molecule has 2 N–H and O–H groups in total. The lowest BCUT2D eigenvalue weighted by atomic mass is 10.2. The highest BCUT2D eigenvalue weighted by Crippen LogP contribution is 2.11. The van der Waals surface area contributed by atoms with E-state index in [9.17, 15) is 4.79 Å². The number of rotatable bonds is 5. The van der Waals surface area contributed by atoms with Crippen molar-refractivity contribution in [3.05, 3.63) is 23.9 Å². The van der Waals surface area contributed by atoms with E-state index in [0.29, 0.717) is 11.4 Å². The van der Waals surface area contributed by atoms with Gasteiger partial charge >= 0.3 is 0 Å². The zero-order valence-corrected chi connectivity index (χ0v) is 9.95. The molecule has 1 heterocycles. The number of nitrogens with zero attached hydrogens (tertiary/aromatic N) is 2. The number of carbonyl (C=O) groups is 1. The molecule has 1 amide bonds. The standard InChI is InChI=1S/C11H18N4O/c1-4-7-12-10-9(6-5-8-13-10)11(16)14-15(2)3/h5-6,8H,4,7H2,1-3H3,(H,12,13)(H,14,16). The summed E-state index contributed by atoms with van der Waals surface area (Å²) in [6, 6.07) is 3.51. The molecule has 88 valence electrons. The van der Waals surface area contributed by atoms with Gasteiger partial charge in [-0.3, -0.25) is 10.2 Å². The van der Waals surface area contributed by atoms with E-state index in [-0.39, 0.29) is 5.91 Å². The Bertz CT molecular complexity index is 352. The summed E-state index contributed by atoms with van der Waals surface area (Å²) in [5, 5.41) is 4.74. The van der Waals surface area contributed by atoms with Gasteiger partial charge in [0, 0.05) is 26.8 Å². The lowest BCUT2D eigenvalue weighted by Crippen LogP contribution is -2.36. The van der Waals surface area contributed by atoms with Crippen LogP contribution in [0.5, 0.6) is 0 Å². The van der Waals surface area contributed by atoms with Crippen molar-refractivity contribution < 1.29 is 4.79 Å². The molecule has 1 aromatic heterocycles. The third-order valence-corrected chi connectivity index (χ3v) is 1.92. The van der Waals surface area contributed by atoms with Crippen molar-refractivity contribution in [1.29, 1.82) is 0 Å². The highest BCUT2D eigenvalue weighted by molar-refractivity contribution is 5.98. The predicted octanol–water partition coefficient (Wildman–Crippen LogP) is 1.11. The van der Waals surface area contributed by atoms with Crippen LogP contribution in [0.25, 0.3) is 0 Å². The second-order valence-corrected chi connectivity index (χ2v) is 3.66. The molecule has 0 aliphatic rings. The van der Waals surface area contributed by atoms with E-state index < -0.39 is 0 Å². The smallest absolute Gasteiger partial charge is 0.269 e. The van der Waals surface area contributed by atoms with Gasteiger partial charge in [0.2, 0.25) is 0 Å². The van der Waals surface area contributed by atoms with Gasteiger partial charge in [-0.05, 0) is 18.6 Å². The van der Waals surface area contributed by atoms with E-state index in [1.54, 1.807) is 37.4 Å². The first-order valence-electron chi connectivity index (χ1n) is 5.32. The summed E-state index contributed by atoms with van der Waals surface area (Å²) < 4.78 is 0. The van der Waals surface area contributed by atoms with Gasteiger partial charge < -0.3 is 5.32 Å². The summed E-state index contributed by atoms with van der Waals surface area (Å²) in [5.41, 5.74) is 3.25. The molecule has 0 fully saturated rings. The summed E-state index contributed by atoms with van der Waals surface area (Å²) in [4.78, 5) is 16.0. The van der Waals surface area contributed by atoms with Crippen molar-refractivity contribution in [2.24, 2.45) is 0 Å². The third-order valence-electron chi connectivity index (χ3n) is 1.92. The maximum atomic E-state index is 11.8. The zero-order chi connectivity index (χ0) is 12.0. The fourth-order valence-corrected chi connectivity index (χ4v) is 1.24. The van der Waals surface area contributed by atoms with E-state index in [0.717, 1.165) is 13.0 Å². The number of hydrogen-bond acceptors (Lipinski definition) is 4. The molecular formula is C11H18N4O. The minimum atomic E-state index is -0.156. The van der Waals surface area contributed by atoms with Crippen LogP contribution in [0.4, 0.5) is 5.82 Å². The number of hydrazine groups is 1. The highest BCUT2D eigenvalue weighted by Gasteiger charge is 2.11. The molecule has 0 saturated heterocycles. The number of nitrogens with one attached hydrogen (secondary N) is 2. The Balaban J connectivity index is 2.81. The van der Waals surface area contributed by atoms with Gasteiger partial charge in [0.1, 0.15) is 5.82 Å². The maximum Gasteiger partial charge on any atom is 0.269 e. The van der Waals surface area contributed by atoms with Crippen molar-refractivity contribution in [3.63, 3.8) is 0 Å².